The molecule has 1 heteroatoms. The molecule has 0 heterocycles. The Morgan fingerprint density at radius 1 is 1.10 bits per heavy atom. The Hall–Kier alpha value is -1.63. The second kappa shape index (κ2) is 6.43. The number of Topliss-reactive ketones (excluding diaryl/α,β-unsaturated/α-hetero) is 1. The number of rotatable bonds is 5. The Labute approximate surface area is 128 Å². The van der Waals surface area contributed by atoms with Gasteiger partial charge in [0, 0.05) is 12.8 Å². The quantitative estimate of drug-likeness (QED) is 0.758. The zero-order chi connectivity index (χ0) is 15.5. The molecular weight excluding hydrogens is 256 g/mol. The number of hydrogen-bond acceptors (Lipinski definition) is 1. The van der Waals surface area contributed by atoms with Gasteiger partial charge in [0.05, 0.1) is 5.41 Å². The van der Waals surface area contributed by atoms with Crippen molar-refractivity contribution in [3.63, 3.8) is 0 Å². The van der Waals surface area contributed by atoms with Crippen molar-refractivity contribution in [1.29, 1.82) is 0 Å². The van der Waals surface area contributed by atoms with E-state index in [1.54, 1.807) is 0 Å². The van der Waals surface area contributed by atoms with Crippen LogP contribution >= 0.6 is 0 Å². The Morgan fingerprint density at radius 3 is 2.33 bits per heavy atom. The van der Waals surface area contributed by atoms with Crippen molar-refractivity contribution in [2.45, 2.75) is 34.1 Å². The van der Waals surface area contributed by atoms with Crippen molar-refractivity contribution in [3.05, 3.63) is 66.1 Å². The lowest BCUT2D eigenvalue weighted by Crippen LogP contribution is -2.38. The molecule has 0 aromatic heterocycles. The molecule has 0 aliphatic heterocycles. The summed E-state index contributed by atoms with van der Waals surface area (Å²) in [5.41, 5.74) is 1.88. The van der Waals surface area contributed by atoms with Crippen molar-refractivity contribution in [2.24, 2.45) is 17.3 Å². The van der Waals surface area contributed by atoms with Gasteiger partial charge in [-0.25, -0.2) is 0 Å². The van der Waals surface area contributed by atoms with Gasteiger partial charge >= 0.3 is 0 Å². The predicted octanol–water partition coefficient (Wildman–Crippen LogP) is 4.80. The van der Waals surface area contributed by atoms with Gasteiger partial charge < -0.3 is 0 Å². The van der Waals surface area contributed by atoms with Crippen molar-refractivity contribution >= 4 is 5.78 Å². The van der Waals surface area contributed by atoms with Gasteiger partial charge in [-0.1, -0.05) is 81.8 Å². The minimum atomic E-state index is -0.468. The Balaban J connectivity index is 2.26. The molecule has 1 atom stereocenters. The Kier molecular flexibility index (Phi) is 4.82. The highest BCUT2D eigenvalue weighted by Gasteiger charge is 2.40. The van der Waals surface area contributed by atoms with E-state index < -0.39 is 5.41 Å². The van der Waals surface area contributed by atoms with E-state index in [2.05, 4.69) is 52.3 Å². The van der Waals surface area contributed by atoms with E-state index in [1.807, 2.05) is 30.3 Å². The summed E-state index contributed by atoms with van der Waals surface area (Å²) < 4.78 is 0. The SMILES string of the molecule is CC(C)C1=CC=CC(C(=O)Cc2ccccc2)(C(C)C)[CH]1. The maximum Gasteiger partial charge on any atom is 0.148 e. The zero-order valence-electron chi connectivity index (χ0n) is 13.5. The smallest absolute Gasteiger partial charge is 0.148 e. The van der Waals surface area contributed by atoms with E-state index in [-0.39, 0.29) is 11.7 Å². The van der Waals surface area contributed by atoms with Crippen LogP contribution in [0.5, 0.6) is 0 Å². The molecular formula is C20H25O. The van der Waals surface area contributed by atoms with E-state index >= 15 is 0 Å². The summed E-state index contributed by atoms with van der Waals surface area (Å²) in [6, 6.07) is 10.0. The maximum absolute atomic E-state index is 13.0. The van der Waals surface area contributed by atoms with Crippen LogP contribution in [0, 0.1) is 23.7 Å². The summed E-state index contributed by atoms with van der Waals surface area (Å²) in [6.45, 7) is 8.61. The van der Waals surface area contributed by atoms with Crippen LogP contribution in [0.1, 0.15) is 33.3 Å². The fourth-order valence-electron chi connectivity index (χ4n) is 2.84. The first kappa shape index (κ1) is 15.8. The van der Waals surface area contributed by atoms with Gasteiger partial charge in [0.2, 0.25) is 0 Å². The van der Waals surface area contributed by atoms with Gasteiger partial charge in [0.25, 0.3) is 0 Å². The van der Waals surface area contributed by atoms with Crippen LogP contribution in [0.3, 0.4) is 0 Å². The lowest BCUT2D eigenvalue weighted by atomic mass is 9.65. The van der Waals surface area contributed by atoms with E-state index in [4.69, 9.17) is 0 Å². The highest BCUT2D eigenvalue weighted by molar-refractivity contribution is 5.91. The van der Waals surface area contributed by atoms with Crippen LogP contribution in [0.25, 0.3) is 0 Å². The molecule has 0 N–H and O–H groups in total. The number of ketones is 1. The van der Waals surface area contributed by atoms with Gasteiger partial charge in [-0.05, 0) is 17.4 Å². The minimum Gasteiger partial charge on any atom is -0.298 e. The zero-order valence-corrected chi connectivity index (χ0v) is 13.5. The lowest BCUT2D eigenvalue weighted by Gasteiger charge is -2.37. The molecule has 111 valence electrons. The standard InChI is InChI=1S/C20H25O/c1-15(2)18-11-8-12-20(14-18,16(3)4)19(21)13-17-9-6-5-7-10-17/h5-12,14-16H,13H2,1-4H3. The van der Waals surface area contributed by atoms with Crippen LogP contribution < -0.4 is 0 Å². The molecule has 1 aromatic carbocycles. The second-order valence-electron chi connectivity index (χ2n) is 6.50. The van der Waals surface area contributed by atoms with E-state index in [0.717, 1.165) is 5.56 Å². The molecule has 0 bridgehead atoms. The molecule has 1 aromatic rings. The molecule has 0 saturated carbocycles. The second-order valence-corrected chi connectivity index (χ2v) is 6.50. The number of carbonyl (C=O) groups is 1. The molecule has 0 saturated heterocycles. The summed E-state index contributed by atoms with van der Waals surface area (Å²) in [5.74, 6) is 0.983. The average Bonchev–Trinajstić information content (AvgIpc) is 2.48. The largest absolute Gasteiger partial charge is 0.298 e. The molecule has 1 aliphatic carbocycles. The van der Waals surface area contributed by atoms with Crippen molar-refractivity contribution in [3.8, 4) is 0 Å². The van der Waals surface area contributed by atoms with Crippen molar-refractivity contribution < 1.29 is 4.79 Å². The van der Waals surface area contributed by atoms with Gasteiger partial charge in [0.1, 0.15) is 5.78 Å². The molecule has 0 amide bonds. The fraction of sp³-hybridized carbons (Fsp3) is 0.400. The first-order valence-corrected chi connectivity index (χ1v) is 7.78. The molecule has 1 unspecified atom stereocenters. The third-order valence-electron chi connectivity index (χ3n) is 4.38. The third-order valence-corrected chi connectivity index (χ3v) is 4.38. The molecule has 21 heavy (non-hydrogen) atoms. The highest BCUT2D eigenvalue weighted by atomic mass is 16.1. The summed E-state index contributed by atoms with van der Waals surface area (Å²) in [5, 5.41) is 0. The van der Waals surface area contributed by atoms with Crippen molar-refractivity contribution in [1.82, 2.24) is 0 Å². The fourth-order valence-corrected chi connectivity index (χ4v) is 2.84. The number of hydrogen-bond donors (Lipinski definition) is 0. The van der Waals surface area contributed by atoms with Crippen molar-refractivity contribution in [2.75, 3.05) is 0 Å². The molecule has 0 fully saturated rings. The Morgan fingerprint density at radius 2 is 1.76 bits per heavy atom. The lowest BCUT2D eigenvalue weighted by molar-refractivity contribution is -0.125. The topological polar surface area (TPSA) is 17.1 Å². The normalized spacial score (nSPS) is 21.7. The van der Waals surface area contributed by atoms with Crippen LogP contribution in [-0.4, -0.2) is 5.78 Å². The first-order valence-electron chi connectivity index (χ1n) is 7.78. The van der Waals surface area contributed by atoms with Crippen LogP contribution in [0.2, 0.25) is 0 Å². The molecule has 1 radical (unpaired) electrons. The molecule has 0 spiro atoms. The number of benzene rings is 1. The minimum absolute atomic E-state index is 0.257. The van der Waals surface area contributed by atoms with Gasteiger partial charge in [0.15, 0.2) is 0 Å². The summed E-state index contributed by atoms with van der Waals surface area (Å²) >= 11 is 0. The van der Waals surface area contributed by atoms with Gasteiger partial charge in [-0.2, -0.15) is 0 Å². The maximum atomic E-state index is 13.0. The molecule has 2 rings (SSSR count). The van der Waals surface area contributed by atoms with Crippen LogP contribution in [0.4, 0.5) is 0 Å². The first-order chi connectivity index (χ1) is 9.95. The van der Waals surface area contributed by atoms with E-state index in [1.165, 1.54) is 5.57 Å². The summed E-state index contributed by atoms with van der Waals surface area (Å²) in [6.07, 6.45) is 8.94. The molecule has 1 nitrogen and oxygen atoms in total. The van der Waals surface area contributed by atoms with Crippen LogP contribution in [-0.2, 0) is 11.2 Å². The number of carbonyl (C=O) groups excluding carboxylic acids is 1. The molecule has 1 aliphatic rings. The van der Waals surface area contributed by atoms with Crippen LogP contribution in [0.15, 0.2) is 54.1 Å². The van der Waals surface area contributed by atoms with Gasteiger partial charge in [-0.3, -0.25) is 4.79 Å². The van der Waals surface area contributed by atoms with Gasteiger partial charge in [-0.15, -0.1) is 0 Å². The average molecular weight is 281 g/mol. The number of allylic oxidation sites excluding steroid dienone is 4. The monoisotopic (exact) mass is 281 g/mol. The summed E-state index contributed by atoms with van der Waals surface area (Å²) in [7, 11) is 0. The third kappa shape index (κ3) is 3.34. The predicted molar refractivity (Wildman–Crippen MR) is 88.8 cm³/mol. The van der Waals surface area contributed by atoms with E-state index in [9.17, 15) is 4.79 Å². The Bertz CT molecular complexity index is 548. The highest BCUT2D eigenvalue weighted by Crippen LogP contribution is 2.41. The summed E-state index contributed by atoms with van der Waals surface area (Å²) in [4.78, 5) is 13.0. The van der Waals surface area contributed by atoms with E-state index in [0.29, 0.717) is 12.3 Å².